The Morgan fingerprint density at radius 2 is 2.12 bits per heavy atom. The number of alkyl halides is 1. The number of aromatic nitrogens is 2. The molecule has 0 radical (unpaired) electrons. The number of rotatable bonds is 7. The van der Waals surface area contributed by atoms with Crippen molar-refractivity contribution in [2.75, 3.05) is 13.2 Å². The fraction of sp³-hybridized carbons (Fsp3) is 0.769. The van der Waals surface area contributed by atoms with Crippen molar-refractivity contribution in [3.63, 3.8) is 0 Å². The van der Waals surface area contributed by atoms with Gasteiger partial charge < -0.3 is 5.32 Å². The maximum absolute atomic E-state index is 12.2. The lowest BCUT2D eigenvalue weighted by Crippen LogP contribution is -2.20. The Kier molecular flexibility index (Phi) is 5.62. The summed E-state index contributed by atoms with van der Waals surface area (Å²) in [5.41, 5.74) is 3.47. The molecule has 1 atom stereocenters. The van der Waals surface area contributed by atoms with E-state index in [0.29, 0.717) is 19.0 Å². The predicted molar refractivity (Wildman–Crippen MR) is 69.0 cm³/mol. The molecule has 1 unspecified atom stereocenters. The minimum atomic E-state index is -0.280. The summed E-state index contributed by atoms with van der Waals surface area (Å²) in [4.78, 5) is 0. The molecule has 0 spiro atoms. The number of hydrogen-bond acceptors (Lipinski definition) is 2. The normalized spacial score (nSPS) is 13.0. The molecule has 0 amide bonds. The van der Waals surface area contributed by atoms with Crippen LogP contribution >= 0.6 is 0 Å². The zero-order chi connectivity index (χ0) is 12.8. The molecule has 0 saturated carbocycles. The van der Waals surface area contributed by atoms with Crippen LogP contribution in [-0.4, -0.2) is 23.0 Å². The summed E-state index contributed by atoms with van der Waals surface area (Å²) in [5.74, 6) is 0. The summed E-state index contributed by atoms with van der Waals surface area (Å²) in [6, 6.07) is 0.314. The number of nitrogens with zero attached hydrogens (tertiary/aromatic N) is 2. The molecule has 4 heteroatoms. The average molecular weight is 241 g/mol. The summed E-state index contributed by atoms with van der Waals surface area (Å²) in [6.07, 6.45) is 1.66. The van der Waals surface area contributed by atoms with Gasteiger partial charge in [0.2, 0.25) is 0 Å². The monoisotopic (exact) mass is 241 g/mol. The van der Waals surface area contributed by atoms with E-state index in [4.69, 9.17) is 0 Å². The number of nitrogens with one attached hydrogen (secondary N) is 1. The Labute approximate surface area is 103 Å². The molecule has 0 aliphatic carbocycles. The quantitative estimate of drug-likeness (QED) is 0.795. The van der Waals surface area contributed by atoms with Crippen molar-refractivity contribution in [1.82, 2.24) is 15.1 Å². The van der Waals surface area contributed by atoms with Crippen LogP contribution in [-0.2, 0) is 6.54 Å². The molecule has 0 aromatic carbocycles. The first-order chi connectivity index (χ1) is 8.11. The molecule has 1 aromatic heterocycles. The fourth-order valence-electron chi connectivity index (χ4n) is 2.23. The van der Waals surface area contributed by atoms with E-state index < -0.39 is 0 Å². The van der Waals surface area contributed by atoms with Crippen LogP contribution in [0.5, 0.6) is 0 Å². The Morgan fingerprint density at radius 1 is 1.41 bits per heavy atom. The minimum absolute atomic E-state index is 0.280. The maximum Gasteiger partial charge on any atom is 0.0912 e. The van der Waals surface area contributed by atoms with Crippen molar-refractivity contribution < 1.29 is 4.39 Å². The Balaban J connectivity index is 2.80. The van der Waals surface area contributed by atoms with Crippen molar-refractivity contribution in [3.05, 3.63) is 17.0 Å². The highest BCUT2D eigenvalue weighted by Gasteiger charge is 2.16. The highest BCUT2D eigenvalue weighted by molar-refractivity contribution is 5.27. The van der Waals surface area contributed by atoms with Crippen LogP contribution in [0.3, 0.4) is 0 Å². The third kappa shape index (κ3) is 3.53. The molecule has 1 rings (SSSR count). The second-order valence-electron chi connectivity index (χ2n) is 4.53. The molecule has 0 aliphatic heterocycles. The molecular weight excluding hydrogens is 217 g/mol. The van der Waals surface area contributed by atoms with Crippen molar-refractivity contribution in [1.29, 1.82) is 0 Å². The van der Waals surface area contributed by atoms with Gasteiger partial charge in [0.25, 0.3) is 0 Å². The lowest BCUT2D eigenvalue weighted by atomic mass is 10.1. The number of halogens is 1. The largest absolute Gasteiger partial charge is 0.310 e. The van der Waals surface area contributed by atoms with Gasteiger partial charge in [-0.25, -0.2) is 0 Å². The first-order valence-corrected chi connectivity index (χ1v) is 6.45. The standard InChI is InChI=1S/C13H24FN3/c1-5-8-15-10(2)13-11(3)16-17(12(13)4)9-6-7-14/h10,15H,5-9H2,1-4H3. The summed E-state index contributed by atoms with van der Waals surface area (Å²) in [7, 11) is 0. The topological polar surface area (TPSA) is 29.9 Å². The van der Waals surface area contributed by atoms with E-state index in [-0.39, 0.29) is 6.67 Å². The van der Waals surface area contributed by atoms with Crippen LogP contribution in [0.2, 0.25) is 0 Å². The van der Waals surface area contributed by atoms with Gasteiger partial charge in [-0.05, 0) is 40.2 Å². The zero-order valence-corrected chi connectivity index (χ0v) is 11.4. The van der Waals surface area contributed by atoms with Gasteiger partial charge in [0.15, 0.2) is 0 Å². The molecule has 1 aromatic rings. The lowest BCUT2D eigenvalue weighted by Gasteiger charge is -2.14. The number of aryl methyl sites for hydroxylation is 2. The molecule has 98 valence electrons. The van der Waals surface area contributed by atoms with Gasteiger partial charge in [-0.15, -0.1) is 0 Å². The van der Waals surface area contributed by atoms with Crippen molar-refractivity contribution in [2.24, 2.45) is 0 Å². The van der Waals surface area contributed by atoms with Crippen LogP contribution in [0.15, 0.2) is 0 Å². The van der Waals surface area contributed by atoms with Crippen molar-refractivity contribution in [2.45, 2.75) is 53.1 Å². The molecule has 1 heterocycles. The SMILES string of the molecule is CCCNC(C)c1c(C)nn(CCCF)c1C. The second kappa shape index (κ2) is 6.74. The average Bonchev–Trinajstić information content (AvgIpc) is 2.59. The summed E-state index contributed by atoms with van der Waals surface area (Å²) < 4.78 is 14.1. The summed E-state index contributed by atoms with van der Waals surface area (Å²) in [6.45, 7) is 9.81. The van der Waals surface area contributed by atoms with E-state index in [2.05, 4.69) is 31.2 Å². The second-order valence-corrected chi connectivity index (χ2v) is 4.53. The van der Waals surface area contributed by atoms with E-state index in [1.165, 1.54) is 5.56 Å². The minimum Gasteiger partial charge on any atom is -0.310 e. The lowest BCUT2D eigenvalue weighted by molar-refractivity contribution is 0.431. The van der Waals surface area contributed by atoms with Crippen molar-refractivity contribution >= 4 is 0 Å². The van der Waals surface area contributed by atoms with Crippen LogP contribution in [0.25, 0.3) is 0 Å². The van der Waals surface area contributed by atoms with Gasteiger partial charge >= 0.3 is 0 Å². The van der Waals surface area contributed by atoms with Gasteiger partial charge in [0.1, 0.15) is 0 Å². The third-order valence-corrected chi connectivity index (χ3v) is 3.07. The Bertz CT molecular complexity index is 347. The van der Waals surface area contributed by atoms with E-state index >= 15 is 0 Å². The van der Waals surface area contributed by atoms with Gasteiger partial charge in [0.05, 0.1) is 12.4 Å². The molecule has 1 N–H and O–H groups in total. The molecule has 0 aliphatic rings. The molecule has 17 heavy (non-hydrogen) atoms. The predicted octanol–water partition coefficient (Wildman–Crippen LogP) is 2.92. The summed E-state index contributed by atoms with van der Waals surface area (Å²) in [5, 5.41) is 7.96. The molecule has 0 bridgehead atoms. The highest BCUT2D eigenvalue weighted by atomic mass is 19.1. The van der Waals surface area contributed by atoms with Gasteiger partial charge in [-0.2, -0.15) is 5.10 Å². The van der Waals surface area contributed by atoms with Crippen LogP contribution in [0, 0.1) is 13.8 Å². The van der Waals surface area contributed by atoms with Crippen molar-refractivity contribution in [3.8, 4) is 0 Å². The zero-order valence-electron chi connectivity index (χ0n) is 11.4. The maximum atomic E-state index is 12.2. The smallest absolute Gasteiger partial charge is 0.0912 e. The van der Waals surface area contributed by atoms with Gasteiger partial charge in [0, 0.05) is 23.8 Å². The molecule has 0 fully saturated rings. The van der Waals surface area contributed by atoms with Crippen LogP contribution in [0.4, 0.5) is 4.39 Å². The Morgan fingerprint density at radius 3 is 2.71 bits per heavy atom. The fourth-order valence-corrected chi connectivity index (χ4v) is 2.23. The molecule has 0 saturated heterocycles. The highest BCUT2D eigenvalue weighted by Crippen LogP contribution is 2.21. The summed E-state index contributed by atoms with van der Waals surface area (Å²) >= 11 is 0. The third-order valence-electron chi connectivity index (χ3n) is 3.07. The first-order valence-electron chi connectivity index (χ1n) is 6.45. The first kappa shape index (κ1) is 14.2. The Hall–Kier alpha value is -0.900. The van der Waals surface area contributed by atoms with E-state index in [1.807, 2.05) is 11.6 Å². The van der Waals surface area contributed by atoms with E-state index in [0.717, 1.165) is 24.4 Å². The van der Waals surface area contributed by atoms with E-state index in [1.54, 1.807) is 0 Å². The van der Waals surface area contributed by atoms with E-state index in [9.17, 15) is 4.39 Å². The van der Waals surface area contributed by atoms with Crippen LogP contribution < -0.4 is 5.32 Å². The molecule has 3 nitrogen and oxygen atoms in total. The van der Waals surface area contributed by atoms with Crippen LogP contribution in [0.1, 0.15) is 49.7 Å². The van der Waals surface area contributed by atoms with Gasteiger partial charge in [-0.1, -0.05) is 6.92 Å². The van der Waals surface area contributed by atoms with Gasteiger partial charge in [-0.3, -0.25) is 9.07 Å². The number of hydrogen-bond donors (Lipinski definition) is 1. The molecular formula is C13H24FN3.